The molecule has 1 aromatic heterocycles. The minimum atomic E-state index is 0.268. The number of nitrogens with zero attached hydrogens (tertiary/aromatic N) is 3. The quantitative estimate of drug-likeness (QED) is 0.798. The molecule has 1 heterocycles. The Morgan fingerprint density at radius 3 is 2.62 bits per heavy atom. The van der Waals surface area contributed by atoms with Crippen molar-refractivity contribution in [2.45, 2.75) is 52.6 Å². The molecule has 5 nitrogen and oxygen atoms in total. The van der Waals surface area contributed by atoms with Crippen molar-refractivity contribution in [3.05, 3.63) is 11.4 Å². The van der Waals surface area contributed by atoms with Crippen molar-refractivity contribution in [2.24, 2.45) is 0 Å². The van der Waals surface area contributed by atoms with E-state index in [0.29, 0.717) is 12.5 Å². The van der Waals surface area contributed by atoms with Crippen molar-refractivity contribution in [1.82, 2.24) is 9.97 Å². The highest BCUT2D eigenvalue weighted by Crippen LogP contribution is 2.39. The number of aromatic nitrogens is 2. The summed E-state index contributed by atoms with van der Waals surface area (Å²) in [5.41, 5.74) is 1.12. The first-order valence-electron chi connectivity index (χ1n) is 7.98. The van der Waals surface area contributed by atoms with Crippen LogP contribution in [0.2, 0.25) is 0 Å². The number of nitrogens with one attached hydrogen (secondary N) is 1. The zero-order valence-corrected chi connectivity index (χ0v) is 13.9. The van der Waals surface area contributed by atoms with Crippen molar-refractivity contribution in [2.75, 3.05) is 37.0 Å². The normalized spacial score (nSPS) is 14.6. The SMILES string of the molecule is CCNc1nc(C2CC2)nc(N(C)CCOC(C)C)c1C. The molecule has 21 heavy (non-hydrogen) atoms. The Kier molecular flexibility index (Phi) is 5.39. The molecular weight excluding hydrogens is 264 g/mol. The Labute approximate surface area is 128 Å². The highest BCUT2D eigenvalue weighted by Gasteiger charge is 2.28. The van der Waals surface area contributed by atoms with E-state index >= 15 is 0 Å². The van der Waals surface area contributed by atoms with Crippen molar-refractivity contribution in [3.63, 3.8) is 0 Å². The molecule has 1 fully saturated rings. The number of anilines is 2. The molecule has 0 unspecified atom stereocenters. The molecule has 118 valence electrons. The third-order valence-corrected chi connectivity index (χ3v) is 3.66. The van der Waals surface area contributed by atoms with Crippen LogP contribution in [0.3, 0.4) is 0 Å². The zero-order chi connectivity index (χ0) is 15.4. The molecule has 0 radical (unpaired) electrons. The van der Waals surface area contributed by atoms with Gasteiger partial charge in [-0.15, -0.1) is 0 Å². The third-order valence-electron chi connectivity index (χ3n) is 3.66. The van der Waals surface area contributed by atoms with E-state index in [9.17, 15) is 0 Å². The second-order valence-corrected chi connectivity index (χ2v) is 6.02. The van der Waals surface area contributed by atoms with Gasteiger partial charge in [0.1, 0.15) is 17.5 Å². The molecule has 0 bridgehead atoms. The Morgan fingerprint density at radius 1 is 1.33 bits per heavy atom. The van der Waals surface area contributed by atoms with E-state index in [1.54, 1.807) is 0 Å². The van der Waals surface area contributed by atoms with Crippen LogP contribution in [0.25, 0.3) is 0 Å². The lowest BCUT2D eigenvalue weighted by atomic mass is 10.2. The van der Waals surface area contributed by atoms with Gasteiger partial charge < -0.3 is 15.0 Å². The number of likely N-dealkylation sites (N-methyl/N-ethyl adjacent to an activating group) is 1. The van der Waals surface area contributed by atoms with Crippen LogP contribution in [-0.2, 0) is 4.74 Å². The summed E-state index contributed by atoms with van der Waals surface area (Å²) in [7, 11) is 2.07. The summed E-state index contributed by atoms with van der Waals surface area (Å²) < 4.78 is 5.64. The molecule has 1 aliphatic carbocycles. The average molecular weight is 292 g/mol. The Balaban J connectivity index is 2.15. The lowest BCUT2D eigenvalue weighted by molar-refractivity contribution is 0.0845. The first kappa shape index (κ1) is 16.0. The molecule has 0 aliphatic heterocycles. The predicted octanol–water partition coefficient (Wildman–Crippen LogP) is 2.96. The maximum Gasteiger partial charge on any atom is 0.137 e. The van der Waals surface area contributed by atoms with Gasteiger partial charge in [-0.2, -0.15) is 0 Å². The van der Waals surface area contributed by atoms with Crippen LogP contribution < -0.4 is 10.2 Å². The van der Waals surface area contributed by atoms with Gasteiger partial charge in [-0.05, 0) is 40.5 Å². The van der Waals surface area contributed by atoms with E-state index in [0.717, 1.165) is 36.1 Å². The summed E-state index contributed by atoms with van der Waals surface area (Å²) in [6.45, 7) is 10.7. The van der Waals surface area contributed by atoms with Gasteiger partial charge in [0.15, 0.2) is 0 Å². The summed E-state index contributed by atoms with van der Waals surface area (Å²) >= 11 is 0. The third kappa shape index (κ3) is 4.30. The first-order valence-corrected chi connectivity index (χ1v) is 7.98. The maximum absolute atomic E-state index is 5.64. The fourth-order valence-corrected chi connectivity index (χ4v) is 2.29. The van der Waals surface area contributed by atoms with E-state index in [1.807, 2.05) is 0 Å². The topological polar surface area (TPSA) is 50.3 Å². The van der Waals surface area contributed by atoms with Crippen LogP contribution >= 0.6 is 0 Å². The smallest absolute Gasteiger partial charge is 0.137 e. The van der Waals surface area contributed by atoms with Crippen LogP contribution in [0.4, 0.5) is 11.6 Å². The van der Waals surface area contributed by atoms with Crippen molar-refractivity contribution in [1.29, 1.82) is 0 Å². The first-order chi connectivity index (χ1) is 10.0. The summed E-state index contributed by atoms with van der Waals surface area (Å²) in [5.74, 6) is 3.54. The second-order valence-electron chi connectivity index (χ2n) is 6.02. The largest absolute Gasteiger partial charge is 0.377 e. The fraction of sp³-hybridized carbons (Fsp3) is 0.750. The molecule has 1 N–H and O–H groups in total. The standard InChI is InChI=1S/C16H28N4O/c1-6-17-14-12(4)16(19-15(18-14)13-7-8-13)20(5)9-10-21-11(2)3/h11,13H,6-10H2,1-5H3,(H,17,18,19). The molecule has 0 atom stereocenters. The summed E-state index contributed by atoms with van der Waals surface area (Å²) in [5, 5.41) is 3.36. The highest BCUT2D eigenvalue weighted by molar-refractivity contribution is 5.58. The monoisotopic (exact) mass is 292 g/mol. The molecule has 1 saturated carbocycles. The summed E-state index contributed by atoms with van der Waals surface area (Å²) in [4.78, 5) is 11.7. The van der Waals surface area contributed by atoms with Gasteiger partial charge in [-0.25, -0.2) is 9.97 Å². The van der Waals surface area contributed by atoms with Gasteiger partial charge in [-0.1, -0.05) is 0 Å². The van der Waals surface area contributed by atoms with E-state index in [1.165, 1.54) is 12.8 Å². The number of hydrogen-bond donors (Lipinski definition) is 1. The number of hydrogen-bond acceptors (Lipinski definition) is 5. The van der Waals surface area contributed by atoms with E-state index in [2.05, 4.69) is 45.0 Å². The summed E-state index contributed by atoms with van der Waals surface area (Å²) in [6, 6.07) is 0. The Bertz CT molecular complexity index is 472. The van der Waals surface area contributed by atoms with Crippen LogP contribution in [0, 0.1) is 6.92 Å². The van der Waals surface area contributed by atoms with Crippen molar-refractivity contribution in [3.8, 4) is 0 Å². The molecule has 1 aliphatic rings. The minimum Gasteiger partial charge on any atom is -0.377 e. The molecule has 1 aromatic rings. The molecule has 0 saturated heterocycles. The zero-order valence-electron chi connectivity index (χ0n) is 13.9. The number of rotatable bonds is 8. The van der Waals surface area contributed by atoms with Crippen LogP contribution in [0.1, 0.15) is 50.9 Å². The van der Waals surface area contributed by atoms with Gasteiger partial charge >= 0.3 is 0 Å². The highest BCUT2D eigenvalue weighted by atomic mass is 16.5. The van der Waals surface area contributed by atoms with Crippen LogP contribution in [0.15, 0.2) is 0 Å². The van der Waals surface area contributed by atoms with Crippen LogP contribution in [0.5, 0.6) is 0 Å². The lowest BCUT2D eigenvalue weighted by Crippen LogP contribution is -2.26. The Hall–Kier alpha value is -1.36. The molecule has 5 heteroatoms. The number of ether oxygens (including phenoxy) is 1. The van der Waals surface area contributed by atoms with Crippen molar-refractivity contribution < 1.29 is 4.74 Å². The summed E-state index contributed by atoms with van der Waals surface area (Å²) in [6.07, 6.45) is 2.70. The predicted molar refractivity (Wildman–Crippen MR) is 87.3 cm³/mol. The van der Waals surface area contributed by atoms with Gasteiger partial charge in [0.05, 0.1) is 12.7 Å². The molecule has 2 rings (SSSR count). The maximum atomic E-state index is 5.64. The second kappa shape index (κ2) is 7.07. The van der Waals surface area contributed by atoms with Gasteiger partial charge in [0.25, 0.3) is 0 Å². The molecule has 0 spiro atoms. The lowest BCUT2D eigenvalue weighted by Gasteiger charge is -2.23. The van der Waals surface area contributed by atoms with E-state index in [4.69, 9.17) is 14.7 Å². The molecule has 0 amide bonds. The van der Waals surface area contributed by atoms with Gasteiger partial charge in [0.2, 0.25) is 0 Å². The molecule has 0 aromatic carbocycles. The van der Waals surface area contributed by atoms with E-state index in [-0.39, 0.29) is 6.10 Å². The van der Waals surface area contributed by atoms with Gasteiger partial charge in [-0.3, -0.25) is 0 Å². The van der Waals surface area contributed by atoms with Gasteiger partial charge in [0, 0.05) is 31.6 Å². The van der Waals surface area contributed by atoms with E-state index < -0.39 is 0 Å². The fourth-order valence-electron chi connectivity index (χ4n) is 2.29. The average Bonchev–Trinajstić information content (AvgIpc) is 3.25. The van der Waals surface area contributed by atoms with Crippen LogP contribution in [-0.4, -0.2) is 42.8 Å². The van der Waals surface area contributed by atoms with Crippen molar-refractivity contribution >= 4 is 11.6 Å². The molecular formula is C16H28N4O. The Morgan fingerprint density at radius 2 is 2.05 bits per heavy atom. The minimum absolute atomic E-state index is 0.268.